The van der Waals surface area contributed by atoms with Crippen LogP contribution in [0.15, 0.2) is 36.5 Å². The van der Waals surface area contributed by atoms with E-state index in [1.54, 1.807) is 0 Å². The van der Waals surface area contributed by atoms with Crippen LogP contribution in [0.2, 0.25) is 0 Å². The van der Waals surface area contributed by atoms with Gasteiger partial charge in [-0.3, -0.25) is 14.4 Å². The van der Waals surface area contributed by atoms with Gasteiger partial charge in [-0.15, -0.1) is 0 Å². The molecule has 55 heavy (non-hydrogen) atoms. The van der Waals surface area contributed by atoms with Gasteiger partial charge in [-0.2, -0.15) is 0 Å². The third-order valence-corrected chi connectivity index (χ3v) is 10.2. The van der Waals surface area contributed by atoms with E-state index < -0.39 is 6.10 Å². The van der Waals surface area contributed by atoms with Crippen molar-refractivity contribution in [2.75, 3.05) is 13.2 Å². The zero-order valence-corrected chi connectivity index (χ0v) is 36.4. The molecule has 1 unspecified atom stereocenters. The summed E-state index contributed by atoms with van der Waals surface area (Å²) in [7, 11) is 0. The fraction of sp³-hybridized carbons (Fsp3) is 0.816. The summed E-state index contributed by atoms with van der Waals surface area (Å²) in [5.41, 5.74) is 0. The lowest BCUT2D eigenvalue weighted by atomic mass is 10.0. The number of esters is 3. The van der Waals surface area contributed by atoms with Crippen molar-refractivity contribution in [3.05, 3.63) is 36.5 Å². The van der Waals surface area contributed by atoms with Gasteiger partial charge in [0.05, 0.1) is 0 Å². The van der Waals surface area contributed by atoms with Crippen LogP contribution < -0.4 is 0 Å². The summed E-state index contributed by atoms with van der Waals surface area (Å²) in [6.07, 6.45) is 49.9. The molecule has 0 saturated heterocycles. The van der Waals surface area contributed by atoms with E-state index in [1.807, 2.05) is 0 Å². The predicted molar refractivity (Wildman–Crippen MR) is 233 cm³/mol. The molecule has 0 aliphatic heterocycles. The Balaban J connectivity index is 4.27. The second-order valence-corrected chi connectivity index (χ2v) is 15.6. The van der Waals surface area contributed by atoms with Gasteiger partial charge in [-0.05, 0) is 51.4 Å². The van der Waals surface area contributed by atoms with Crippen LogP contribution in [0.5, 0.6) is 0 Å². The Morgan fingerprint density at radius 1 is 0.382 bits per heavy atom. The van der Waals surface area contributed by atoms with Gasteiger partial charge in [-0.25, -0.2) is 0 Å². The summed E-state index contributed by atoms with van der Waals surface area (Å²) in [4.78, 5) is 37.6. The Bertz CT molecular complexity index is 938. The minimum Gasteiger partial charge on any atom is -0.462 e. The number of rotatable bonds is 42. The SMILES string of the molecule is CC/C=C\C/C=C\C/C=C\CCCCCCCCCC(=O)OCC(COC(=O)CCCCCCCCC)OC(=O)CCCCCCCCCCCCCCC. The maximum absolute atomic E-state index is 12.7. The van der Waals surface area contributed by atoms with Crippen LogP contribution >= 0.6 is 0 Å². The predicted octanol–water partition coefficient (Wildman–Crippen LogP) is 15.0. The molecule has 320 valence electrons. The van der Waals surface area contributed by atoms with Crippen molar-refractivity contribution in [2.45, 2.75) is 245 Å². The molecule has 1 atom stereocenters. The first-order valence-corrected chi connectivity index (χ1v) is 23.5. The molecule has 0 aliphatic rings. The minimum absolute atomic E-state index is 0.0727. The zero-order valence-electron chi connectivity index (χ0n) is 36.4. The van der Waals surface area contributed by atoms with Crippen molar-refractivity contribution in [1.82, 2.24) is 0 Å². The largest absolute Gasteiger partial charge is 0.462 e. The number of carbonyl (C=O) groups excluding carboxylic acids is 3. The molecule has 0 N–H and O–H groups in total. The first-order chi connectivity index (χ1) is 27.0. The molecule has 6 heteroatoms. The van der Waals surface area contributed by atoms with Crippen LogP contribution in [0, 0.1) is 0 Å². The van der Waals surface area contributed by atoms with E-state index in [-0.39, 0.29) is 31.1 Å². The third-order valence-electron chi connectivity index (χ3n) is 10.2. The van der Waals surface area contributed by atoms with Crippen LogP contribution in [0.25, 0.3) is 0 Å². The van der Waals surface area contributed by atoms with Crippen molar-refractivity contribution in [2.24, 2.45) is 0 Å². The quantitative estimate of drug-likeness (QED) is 0.0266. The van der Waals surface area contributed by atoms with Crippen LogP contribution in [0.1, 0.15) is 239 Å². The number of carbonyl (C=O) groups is 3. The lowest BCUT2D eigenvalue weighted by molar-refractivity contribution is -0.167. The fourth-order valence-electron chi connectivity index (χ4n) is 6.63. The van der Waals surface area contributed by atoms with Gasteiger partial charge in [0.2, 0.25) is 0 Å². The summed E-state index contributed by atoms with van der Waals surface area (Å²) in [5, 5.41) is 0. The molecule has 0 aromatic heterocycles. The maximum Gasteiger partial charge on any atom is 0.306 e. The van der Waals surface area contributed by atoms with Crippen molar-refractivity contribution in [3.8, 4) is 0 Å². The highest BCUT2D eigenvalue weighted by molar-refractivity contribution is 5.71. The molecule has 0 saturated carbocycles. The van der Waals surface area contributed by atoms with E-state index in [4.69, 9.17) is 14.2 Å². The lowest BCUT2D eigenvalue weighted by Crippen LogP contribution is -2.30. The number of hydrogen-bond acceptors (Lipinski definition) is 6. The number of hydrogen-bond donors (Lipinski definition) is 0. The molecule has 0 radical (unpaired) electrons. The van der Waals surface area contributed by atoms with Crippen LogP contribution in [-0.2, 0) is 28.6 Å². The summed E-state index contributed by atoms with van der Waals surface area (Å²) >= 11 is 0. The third kappa shape index (κ3) is 42.6. The van der Waals surface area contributed by atoms with Crippen LogP contribution in [0.3, 0.4) is 0 Å². The van der Waals surface area contributed by atoms with E-state index in [9.17, 15) is 14.4 Å². The van der Waals surface area contributed by atoms with Crippen LogP contribution in [-0.4, -0.2) is 37.2 Å². The zero-order chi connectivity index (χ0) is 40.1. The molecule has 0 fully saturated rings. The molecular formula is C49H88O6. The van der Waals surface area contributed by atoms with Gasteiger partial charge in [-0.1, -0.05) is 205 Å². The molecule has 0 spiro atoms. The molecule has 0 rings (SSSR count). The first kappa shape index (κ1) is 52.6. The molecule has 0 aromatic carbocycles. The average Bonchev–Trinajstić information content (AvgIpc) is 3.18. The van der Waals surface area contributed by atoms with Crippen molar-refractivity contribution < 1.29 is 28.6 Å². The highest BCUT2D eigenvalue weighted by atomic mass is 16.6. The molecule has 0 heterocycles. The maximum atomic E-state index is 12.7. The average molecular weight is 773 g/mol. The summed E-state index contributed by atoms with van der Waals surface area (Å²) in [6, 6.07) is 0. The fourth-order valence-corrected chi connectivity index (χ4v) is 6.63. The Hall–Kier alpha value is -2.37. The Morgan fingerprint density at radius 2 is 0.709 bits per heavy atom. The molecule has 6 nitrogen and oxygen atoms in total. The standard InChI is InChI=1S/C49H88O6/c1-4-7-10-13-16-18-20-22-23-24-25-27-28-30-33-36-39-42-48(51)54-45-46(44-53-47(50)41-38-35-32-15-12-9-6-3)55-49(52)43-40-37-34-31-29-26-21-19-17-14-11-8-5-2/h7,10,16,18,22-23,46H,4-6,8-9,11-15,17,19-21,24-45H2,1-3H3/b10-7-,18-16-,23-22-. The minimum atomic E-state index is -0.768. The topological polar surface area (TPSA) is 78.9 Å². The summed E-state index contributed by atoms with van der Waals surface area (Å²) < 4.78 is 16.7. The van der Waals surface area contributed by atoms with E-state index in [0.717, 1.165) is 83.5 Å². The smallest absolute Gasteiger partial charge is 0.306 e. The van der Waals surface area contributed by atoms with Gasteiger partial charge >= 0.3 is 17.9 Å². The summed E-state index contributed by atoms with van der Waals surface area (Å²) in [6.45, 7) is 6.48. The number of allylic oxidation sites excluding steroid dienone is 6. The Kier molecular flexibility index (Phi) is 42.4. The van der Waals surface area contributed by atoms with Crippen molar-refractivity contribution in [3.63, 3.8) is 0 Å². The van der Waals surface area contributed by atoms with E-state index in [0.29, 0.717) is 19.3 Å². The lowest BCUT2D eigenvalue weighted by Gasteiger charge is -2.18. The number of unbranched alkanes of at least 4 members (excludes halogenated alkanes) is 25. The van der Waals surface area contributed by atoms with Gasteiger partial charge in [0.15, 0.2) is 6.10 Å². The first-order valence-electron chi connectivity index (χ1n) is 23.5. The highest BCUT2D eigenvalue weighted by Gasteiger charge is 2.19. The highest BCUT2D eigenvalue weighted by Crippen LogP contribution is 2.15. The second kappa shape index (κ2) is 44.3. The Morgan fingerprint density at radius 3 is 1.11 bits per heavy atom. The molecular weight excluding hydrogens is 685 g/mol. The van der Waals surface area contributed by atoms with Gasteiger partial charge in [0.1, 0.15) is 13.2 Å². The molecule has 0 aliphatic carbocycles. The van der Waals surface area contributed by atoms with E-state index >= 15 is 0 Å². The van der Waals surface area contributed by atoms with Crippen LogP contribution in [0.4, 0.5) is 0 Å². The van der Waals surface area contributed by atoms with Crippen molar-refractivity contribution >= 4 is 17.9 Å². The van der Waals surface area contributed by atoms with Gasteiger partial charge < -0.3 is 14.2 Å². The second-order valence-electron chi connectivity index (χ2n) is 15.6. The molecule has 0 aromatic rings. The van der Waals surface area contributed by atoms with Crippen molar-refractivity contribution in [1.29, 1.82) is 0 Å². The molecule has 0 bridgehead atoms. The normalized spacial score (nSPS) is 12.3. The summed E-state index contributed by atoms with van der Waals surface area (Å²) in [5.74, 6) is -0.884. The monoisotopic (exact) mass is 773 g/mol. The van der Waals surface area contributed by atoms with E-state index in [1.165, 1.54) is 116 Å². The van der Waals surface area contributed by atoms with E-state index in [2.05, 4.69) is 57.2 Å². The van der Waals surface area contributed by atoms with Gasteiger partial charge in [0.25, 0.3) is 0 Å². The number of ether oxygens (including phenoxy) is 3. The Labute approximate surface area is 340 Å². The molecule has 0 amide bonds. The van der Waals surface area contributed by atoms with Gasteiger partial charge in [0, 0.05) is 19.3 Å².